The van der Waals surface area contributed by atoms with E-state index in [-0.39, 0.29) is 12.2 Å². The highest BCUT2D eigenvalue weighted by Gasteiger charge is 2.33. The largest absolute Gasteiger partial charge is 0.378 e. The van der Waals surface area contributed by atoms with E-state index >= 15 is 0 Å². The van der Waals surface area contributed by atoms with Gasteiger partial charge < -0.3 is 10.6 Å². The van der Waals surface area contributed by atoms with E-state index in [4.69, 9.17) is 11.6 Å². The van der Waals surface area contributed by atoms with Gasteiger partial charge in [-0.15, -0.1) is 5.10 Å². The SMILES string of the molecule is BC(Nc1cc(Cl)c2ncc(C#N)c(NC(CC#N)c3ccccc3)c2c1)(c1ccc(F)cc1)c1cn(-c2cccnc2)nn1. The summed E-state index contributed by atoms with van der Waals surface area (Å²) >= 11 is 6.82. The molecule has 3 aromatic carbocycles. The van der Waals surface area contributed by atoms with Crippen LogP contribution < -0.4 is 10.6 Å². The number of nitrogens with one attached hydrogen (secondary N) is 2. The van der Waals surface area contributed by atoms with Gasteiger partial charge in [0, 0.05) is 23.5 Å². The number of aromatic nitrogens is 5. The van der Waals surface area contributed by atoms with Crippen LogP contribution in [0.3, 0.4) is 0 Å². The number of pyridine rings is 2. The summed E-state index contributed by atoms with van der Waals surface area (Å²) in [6.45, 7) is 0. The van der Waals surface area contributed by atoms with E-state index in [2.05, 4.69) is 43.1 Å². The first-order chi connectivity index (χ1) is 21.9. The van der Waals surface area contributed by atoms with Gasteiger partial charge in [0.1, 0.15) is 25.4 Å². The number of hydrogen-bond donors (Lipinski definition) is 2. The highest BCUT2D eigenvalue weighted by Crippen LogP contribution is 2.38. The first kappa shape index (κ1) is 29.3. The van der Waals surface area contributed by atoms with Gasteiger partial charge in [-0.25, -0.2) is 9.07 Å². The summed E-state index contributed by atoms with van der Waals surface area (Å²) in [5.41, 5.74) is 3.76. The van der Waals surface area contributed by atoms with E-state index in [0.717, 1.165) is 16.8 Å². The van der Waals surface area contributed by atoms with Gasteiger partial charge in [0.2, 0.25) is 0 Å². The van der Waals surface area contributed by atoms with Gasteiger partial charge in [-0.05, 0) is 47.5 Å². The molecule has 12 heteroatoms. The minimum Gasteiger partial charge on any atom is -0.378 e. The first-order valence-electron chi connectivity index (χ1n) is 14.0. The number of benzene rings is 3. The summed E-state index contributed by atoms with van der Waals surface area (Å²) in [5, 5.41) is 36.3. The molecule has 6 aromatic rings. The molecule has 0 bridgehead atoms. The molecule has 2 N–H and O–H groups in total. The van der Waals surface area contributed by atoms with Gasteiger partial charge in [-0.3, -0.25) is 9.97 Å². The minimum absolute atomic E-state index is 0.166. The lowest BCUT2D eigenvalue weighted by atomic mass is 9.69. The average Bonchev–Trinajstić information content (AvgIpc) is 3.57. The molecular weight excluding hydrogens is 588 g/mol. The molecule has 2 unspecified atom stereocenters. The summed E-state index contributed by atoms with van der Waals surface area (Å²) in [6.07, 6.45) is 6.77. The zero-order valence-electron chi connectivity index (χ0n) is 24.0. The average molecular weight is 612 g/mol. The highest BCUT2D eigenvalue weighted by molar-refractivity contribution is 6.36. The third-order valence-electron chi connectivity index (χ3n) is 7.59. The van der Waals surface area contributed by atoms with Crippen LogP contribution in [-0.2, 0) is 5.44 Å². The Balaban J connectivity index is 1.47. The standard InChI is InChI=1S/C33H24BClFN9/c34-33(23-8-10-24(36)11-9-23,30-20-45(44-43-30)26-7-4-14-39-19-26)42-25-15-27-31(22(17-38)18-40-32(27)28(35)16-25)41-29(12-13-37)21-5-2-1-3-6-21/h1-11,14-16,18-20,29,42H,12,34H2,(H,40,41). The molecule has 0 fully saturated rings. The van der Waals surface area contributed by atoms with Gasteiger partial charge >= 0.3 is 0 Å². The third kappa shape index (κ3) is 5.90. The first-order valence-corrected chi connectivity index (χ1v) is 14.4. The molecule has 0 spiro atoms. The van der Waals surface area contributed by atoms with Crippen LogP contribution in [0.25, 0.3) is 16.6 Å². The zero-order chi connectivity index (χ0) is 31.4. The summed E-state index contributed by atoms with van der Waals surface area (Å²) in [5.74, 6) is -0.370. The molecule has 0 saturated carbocycles. The summed E-state index contributed by atoms with van der Waals surface area (Å²) in [7, 11) is 1.91. The van der Waals surface area contributed by atoms with Gasteiger partial charge in [0.05, 0.1) is 63.8 Å². The molecule has 0 saturated heterocycles. The second-order valence-corrected chi connectivity index (χ2v) is 10.9. The lowest BCUT2D eigenvalue weighted by molar-refractivity contribution is 0.625. The van der Waals surface area contributed by atoms with Crippen LogP contribution in [0, 0.1) is 28.5 Å². The molecule has 45 heavy (non-hydrogen) atoms. The molecule has 0 amide bonds. The van der Waals surface area contributed by atoms with Crippen molar-refractivity contribution in [3.05, 3.63) is 137 Å². The molecule has 3 aromatic heterocycles. The fourth-order valence-electron chi connectivity index (χ4n) is 5.24. The van der Waals surface area contributed by atoms with Crippen molar-refractivity contribution in [3.8, 4) is 17.8 Å². The molecule has 218 valence electrons. The second kappa shape index (κ2) is 12.5. The van der Waals surface area contributed by atoms with Gasteiger partial charge in [-0.1, -0.05) is 59.3 Å². The lowest BCUT2D eigenvalue weighted by Crippen LogP contribution is -2.37. The van der Waals surface area contributed by atoms with Crippen molar-refractivity contribution in [1.82, 2.24) is 25.0 Å². The molecular formula is C33H24BClFN9. The Bertz CT molecular complexity index is 2060. The van der Waals surface area contributed by atoms with Crippen molar-refractivity contribution < 1.29 is 4.39 Å². The van der Waals surface area contributed by atoms with Gasteiger partial charge in [-0.2, -0.15) is 10.5 Å². The Morgan fingerprint density at radius 3 is 2.53 bits per heavy atom. The number of nitriles is 2. The summed E-state index contributed by atoms with van der Waals surface area (Å²) < 4.78 is 15.6. The Labute approximate surface area is 264 Å². The molecule has 6 rings (SSSR count). The van der Waals surface area contributed by atoms with Crippen LogP contribution in [0.15, 0.2) is 104 Å². The van der Waals surface area contributed by atoms with E-state index in [9.17, 15) is 14.9 Å². The van der Waals surface area contributed by atoms with Crippen LogP contribution in [0.4, 0.5) is 15.8 Å². The monoisotopic (exact) mass is 611 g/mol. The van der Waals surface area contributed by atoms with Crippen LogP contribution in [0.1, 0.15) is 34.8 Å². The molecule has 9 nitrogen and oxygen atoms in total. The Hall–Kier alpha value is -5.78. The molecule has 0 aliphatic rings. The smallest absolute Gasteiger partial charge is 0.148 e. The normalized spacial score (nSPS) is 12.9. The number of rotatable bonds is 9. The van der Waals surface area contributed by atoms with Gasteiger partial charge in [0.15, 0.2) is 0 Å². The second-order valence-electron chi connectivity index (χ2n) is 10.5. The Morgan fingerprint density at radius 2 is 1.82 bits per heavy atom. The predicted molar refractivity (Wildman–Crippen MR) is 173 cm³/mol. The lowest BCUT2D eigenvalue weighted by Gasteiger charge is -2.31. The predicted octanol–water partition coefficient (Wildman–Crippen LogP) is 5.89. The minimum atomic E-state index is -1.01. The number of halogens is 2. The quantitative estimate of drug-likeness (QED) is 0.194. The number of hydrogen-bond acceptors (Lipinski definition) is 8. The molecule has 3 heterocycles. The van der Waals surface area contributed by atoms with E-state index < -0.39 is 11.5 Å². The summed E-state index contributed by atoms with van der Waals surface area (Å²) in [6, 6.07) is 27.0. The zero-order valence-corrected chi connectivity index (χ0v) is 24.7. The highest BCUT2D eigenvalue weighted by atomic mass is 35.5. The topological polar surface area (TPSA) is 128 Å². The maximum atomic E-state index is 14.0. The molecule has 2 atom stereocenters. The number of anilines is 2. The van der Waals surface area contributed by atoms with Crippen molar-refractivity contribution in [3.63, 3.8) is 0 Å². The fraction of sp³-hybridized carbons (Fsp3) is 0.0909. The van der Waals surface area contributed by atoms with Gasteiger partial charge in [0.25, 0.3) is 0 Å². The van der Waals surface area contributed by atoms with E-state index in [1.807, 2.05) is 50.3 Å². The van der Waals surface area contributed by atoms with Crippen LogP contribution >= 0.6 is 11.6 Å². The van der Waals surface area contributed by atoms with Crippen molar-refractivity contribution in [1.29, 1.82) is 10.5 Å². The van der Waals surface area contributed by atoms with Crippen molar-refractivity contribution in [2.24, 2.45) is 0 Å². The Kier molecular flexibility index (Phi) is 8.11. The third-order valence-corrected chi connectivity index (χ3v) is 7.88. The molecule has 0 aliphatic carbocycles. The van der Waals surface area contributed by atoms with Crippen LogP contribution in [-0.4, -0.2) is 32.8 Å². The fourth-order valence-corrected chi connectivity index (χ4v) is 5.51. The Morgan fingerprint density at radius 1 is 1.02 bits per heavy atom. The molecule has 0 radical (unpaired) electrons. The number of fused-ring (bicyclic) bond motifs is 1. The maximum Gasteiger partial charge on any atom is 0.148 e. The van der Waals surface area contributed by atoms with Crippen molar-refractivity contribution in [2.75, 3.05) is 10.6 Å². The maximum absolute atomic E-state index is 14.0. The van der Waals surface area contributed by atoms with Crippen LogP contribution in [0.5, 0.6) is 0 Å². The van der Waals surface area contributed by atoms with Crippen LogP contribution in [0.2, 0.25) is 5.02 Å². The molecule has 0 aliphatic heterocycles. The van der Waals surface area contributed by atoms with Crippen molar-refractivity contribution >= 4 is 41.7 Å². The summed E-state index contributed by atoms with van der Waals surface area (Å²) in [4.78, 5) is 8.65. The van der Waals surface area contributed by atoms with E-state index in [1.54, 1.807) is 47.5 Å². The van der Waals surface area contributed by atoms with Crippen molar-refractivity contribution in [2.45, 2.75) is 17.9 Å². The van der Waals surface area contributed by atoms with E-state index in [0.29, 0.717) is 38.6 Å². The van der Waals surface area contributed by atoms with E-state index in [1.165, 1.54) is 18.3 Å². The number of nitrogens with zero attached hydrogens (tertiary/aromatic N) is 7.